The third-order valence-corrected chi connectivity index (χ3v) is 3.06. The Labute approximate surface area is 116 Å². The summed E-state index contributed by atoms with van der Waals surface area (Å²) in [6.45, 7) is 3.93. The molecular weight excluding hydrogens is 256 g/mol. The van der Waals surface area contributed by atoms with Gasteiger partial charge in [0.05, 0.1) is 23.8 Å². The molecule has 0 saturated carbocycles. The summed E-state index contributed by atoms with van der Waals surface area (Å²) in [5, 5.41) is 9.28. The molecule has 1 aromatic heterocycles. The van der Waals surface area contributed by atoms with Crippen LogP contribution < -0.4 is 5.43 Å². The largest absolute Gasteiger partial charge is 0.462 e. The van der Waals surface area contributed by atoms with Crippen LogP contribution in [0.25, 0.3) is 10.9 Å². The van der Waals surface area contributed by atoms with Crippen molar-refractivity contribution in [2.24, 2.45) is 0 Å². The van der Waals surface area contributed by atoms with Crippen LogP contribution in [-0.2, 0) is 11.3 Å². The Morgan fingerprint density at radius 2 is 2.15 bits per heavy atom. The number of nitriles is 1. The fraction of sp³-hybridized carbons (Fsp3) is 0.267. The number of hydrogen-bond acceptors (Lipinski definition) is 4. The number of hydrogen-bond donors (Lipinski definition) is 0. The molecule has 5 heteroatoms. The maximum Gasteiger partial charge on any atom is 0.338 e. The number of carbonyl (C=O) groups excluding carboxylic acids is 1. The molecule has 0 atom stereocenters. The number of benzene rings is 1. The second-order valence-corrected chi connectivity index (χ2v) is 4.35. The highest BCUT2D eigenvalue weighted by Crippen LogP contribution is 2.15. The zero-order valence-corrected chi connectivity index (χ0v) is 11.3. The van der Waals surface area contributed by atoms with Gasteiger partial charge in [0, 0.05) is 17.1 Å². The van der Waals surface area contributed by atoms with Gasteiger partial charge < -0.3 is 9.30 Å². The van der Waals surface area contributed by atoms with Gasteiger partial charge in [-0.25, -0.2) is 4.79 Å². The van der Waals surface area contributed by atoms with Crippen LogP contribution in [0.3, 0.4) is 0 Å². The Morgan fingerprint density at radius 3 is 2.80 bits per heavy atom. The topological polar surface area (TPSA) is 72.1 Å². The molecule has 0 saturated heterocycles. The molecule has 2 rings (SSSR count). The van der Waals surface area contributed by atoms with E-state index in [4.69, 9.17) is 10.00 Å². The molecule has 1 aromatic carbocycles. The van der Waals surface area contributed by atoms with Gasteiger partial charge in [-0.3, -0.25) is 4.79 Å². The third kappa shape index (κ3) is 2.41. The Hall–Kier alpha value is -2.61. The van der Waals surface area contributed by atoms with Gasteiger partial charge in [-0.05, 0) is 32.0 Å². The quantitative estimate of drug-likeness (QED) is 0.800. The number of esters is 1. The Bertz CT molecular complexity index is 769. The fourth-order valence-corrected chi connectivity index (χ4v) is 2.13. The lowest BCUT2D eigenvalue weighted by Gasteiger charge is -2.11. The number of aryl methyl sites for hydroxylation is 1. The molecule has 0 spiro atoms. The van der Waals surface area contributed by atoms with Gasteiger partial charge in [0.15, 0.2) is 5.43 Å². The standard InChI is InChI=1S/C15H14N2O3/c1-3-20-15(19)11-4-5-13-12(9-11)14(18)8-10(2)17(13)7-6-16/h4-5,8-9H,3,7H2,1-2H3. The predicted octanol–water partition coefficient (Wildman–Crippen LogP) is 2.01. The van der Waals surface area contributed by atoms with E-state index in [1.54, 1.807) is 30.5 Å². The molecule has 20 heavy (non-hydrogen) atoms. The number of fused-ring (bicyclic) bond motifs is 1. The highest BCUT2D eigenvalue weighted by atomic mass is 16.5. The number of rotatable bonds is 3. The average molecular weight is 270 g/mol. The van der Waals surface area contributed by atoms with Crippen LogP contribution in [-0.4, -0.2) is 17.1 Å². The van der Waals surface area contributed by atoms with E-state index in [2.05, 4.69) is 6.07 Å². The summed E-state index contributed by atoms with van der Waals surface area (Å²) in [7, 11) is 0. The minimum atomic E-state index is -0.457. The summed E-state index contributed by atoms with van der Waals surface area (Å²) >= 11 is 0. The zero-order chi connectivity index (χ0) is 14.7. The van der Waals surface area contributed by atoms with Crippen LogP contribution in [0, 0.1) is 18.3 Å². The van der Waals surface area contributed by atoms with E-state index in [1.165, 1.54) is 12.1 Å². The lowest BCUT2D eigenvalue weighted by Crippen LogP contribution is -2.13. The summed E-state index contributed by atoms with van der Waals surface area (Å²) in [4.78, 5) is 23.7. The Kier molecular flexibility index (Phi) is 3.85. The van der Waals surface area contributed by atoms with Crippen LogP contribution >= 0.6 is 0 Å². The van der Waals surface area contributed by atoms with Crippen LogP contribution in [0.1, 0.15) is 23.0 Å². The summed E-state index contributed by atoms with van der Waals surface area (Å²) in [5.41, 5.74) is 1.53. The summed E-state index contributed by atoms with van der Waals surface area (Å²) < 4.78 is 6.66. The summed E-state index contributed by atoms with van der Waals surface area (Å²) in [6, 6.07) is 8.33. The molecule has 2 aromatic rings. The van der Waals surface area contributed by atoms with Gasteiger partial charge in [-0.15, -0.1) is 0 Å². The highest BCUT2D eigenvalue weighted by molar-refractivity contribution is 5.94. The first-order valence-electron chi connectivity index (χ1n) is 6.26. The van der Waals surface area contributed by atoms with E-state index in [-0.39, 0.29) is 18.6 Å². The maximum absolute atomic E-state index is 12.0. The summed E-state index contributed by atoms with van der Waals surface area (Å²) in [5.74, 6) is -0.457. The number of carbonyl (C=O) groups is 1. The van der Waals surface area contributed by atoms with Crippen molar-refractivity contribution < 1.29 is 9.53 Å². The van der Waals surface area contributed by atoms with Gasteiger partial charge in [0.1, 0.15) is 6.54 Å². The molecule has 0 amide bonds. The van der Waals surface area contributed by atoms with E-state index >= 15 is 0 Å². The van der Waals surface area contributed by atoms with Gasteiger partial charge in [0.25, 0.3) is 0 Å². The number of aromatic nitrogens is 1. The lowest BCUT2D eigenvalue weighted by molar-refractivity contribution is 0.0526. The molecule has 1 heterocycles. The minimum Gasteiger partial charge on any atom is -0.462 e. The van der Waals surface area contributed by atoms with Crippen molar-refractivity contribution in [1.29, 1.82) is 5.26 Å². The van der Waals surface area contributed by atoms with Gasteiger partial charge in [0.2, 0.25) is 0 Å². The van der Waals surface area contributed by atoms with Crippen LogP contribution in [0.4, 0.5) is 0 Å². The maximum atomic E-state index is 12.0. The summed E-state index contributed by atoms with van der Waals surface area (Å²) in [6.07, 6.45) is 0. The second-order valence-electron chi connectivity index (χ2n) is 4.35. The van der Waals surface area contributed by atoms with Crippen molar-refractivity contribution in [1.82, 2.24) is 4.57 Å². The van der Waals surface area contributed by atoms with Crippen LogP contribution in [0.2, 0.25) is 0 Å². The molecule has 5 nitrogen and oxygen atoms in total. The molecule has 0 aliphatic carbocycles. The second kappa shape index (κ2) is 5.57. The molecule has 0 aliphatic rings. The molecule has 0 unspecified atom stereocenters. The molecule has 0 aliphatic heterocycles. The molecule has 0 radical (unpaired) electrons. The van der Waals surface area contributed by atoms with E-state index in [0.29, 0.717) is 22.2 Å². The van der Waals surface area contributed by atoms with Crippen molar-refractivity contribution in [3.8, 4) is 6.07 Å². The van der Waals surface area contributed by atoms with E-state index in [1.807, 2.05) is 0 Å². The van der Waals surface area contributed by atoms with E-state index in [9.17, 15) is 9.59 Å². The third-order valence-electron chi connectivity index (χ3n) is 3.06. The van der Waals surface area contributed by atoms with Crippen molar-refractivity contribution in [3.63, 3.8) is 0 Å². The molecule has 102 valence electrons. The first kappa shape index (κ1) is 13.8. The van der Waals surface area contributed by atoms with Crippen molar-refractivity contribution >= 4 is 16.9 Å². The van der Waals surface area contributed by atoms with Crippen molar-refractivity contribution in [3.05, 3.63) is 45.7 Å². The number of ether oxygens (including phenoxy) is 1. The lowest BCUT2D eigenvalue weighted by atomic mass is 10.1. The Balaban J connectivity index is 2.68. The normalized spacial score (nSPS) is 10.2. The first-order valence-corrected chi connectivity index (χ1v) is 6.26. The average Bonchev–Trinajstić information content (AvgIpc) is 2.43. The van der Waals surface area contributed by atoms with Crippen molar-refractivity contribution in [2.45, 2.75) is 20.4 Å². The molecule has 0 fully saturated rings. The highest BCUT2D eigenvalue weighted by Gasteiger charge is 2.11. The minimum absolute atomic E-state index is 0.154. The molecule has 0 bridgehead atoms. The fourth-order valence-electron chi connectivity index (χ4n) is 2.13. The van der Waals surface area contributed by atoms with Gasteiger partial charge >= 0.3 is 5.97 Å². The number of nitrogens with zero attached hydrogens (tertiary/aromatic N) is 2. The zero-order valence-electron chi connectivity index (χ0n) is 11.3. The van der Waals surface area contributed by atoms with E-state index in [0.717, 1.165) is 0 Å². The first-order chi connectivity index (χ1) is 9.58. The van der Waals surface area contributed by atoms with Crippen LogP contribution in [0.5, 0.6) is 0 Å². The SMILES string of the molecule is CCOC(=O)c1ccc2c(c1)c(=O)cc(C)n2CC#N. The molecular formula is C15H14N2O3. The monoisotopic (exact) mass is 270 g/mol. The Morgan fingerprint density at radius 1 is 1.40 bits per heavy atom. The number of pyridine rings is 1. The predicted molar refractivity (Wildman–Crippen MR) is 74.5 cm³/mol. The molecule has 0 N–H and O–H groups in total. The smallest absolute Gasteiger partial charge is 0.338 e. The van der Waals surface area contributed by atoms with Gasteiger partial charge in [-0.1, -0.05) is 0 Å². The van der Waals surface area contributed by atoms with Gasteiger partial charge in [-0.2, -0.15) is 5.26 Å². The van der Waals surface area contributed by atoms with Crippen molar-refractivity contribution in [2.75, 3.05) is 6.61 Å². The van der Waals surface area contributed by atoms with E-state index < -0.39 is 5.97 Å². The van der Waals surface area contributed by atoms with Crippen LogP contribution in [0.15, 0.2) is 29.1 Å².